The summed E-state index contributed by atoms with van der Waals surface area (Å²) in [7, 11) is 0. The average molecular weight is 245 g/mol. The molecule has 0 fully saturated rings. The molecule has 0 saturated heterocycles. The maximum absolute atomic E-state index is 12.9. The minimum atomic E-state index is -0.814. The molecule has 0 aliphatic carbocycles. The average Bonchev–Trinajstić information content (AvgIpc) is 2.35. The molecule has 13 heavy (non-hydrogen) atoms. The molecule has 0 aromatic heterocycles. The van der Waals surface area contributed by atoms with Crippen molar-refractivity contribution in [2.75, 3.05) is 0 Å². The van der Waals surface area contributed by atoms with Crippen LogP contribution in [0.15, 0.2) is 16.6 Å². The molecular formula is C8H2BrFO3. The quantitative estimate of drug-likeness (QED) is 0.517. The van der Waals surface area contributed by atoms with Crippen molar-refractivity contribution < 1.29 is 18.7 Å². The summed E-state index contributed by atoms with van der Waals surface area (Å²) in [6.45, 7) is 0. The Kier molecular flexibility index (Phi) is 1.69. The van der Waals surface area contributed by atoms with Crippen molar-refractivity contribution in [3.63, 3.8) is 0 Å². The van der Waals surface area contributed by atoms with E-state index in [-0.39, 0.29) is 15.6 Å². The van der Waals surface area contributed by atoms with Gasteiger partial charge in [0.25, 0.3) is 0 Å². The molecule has 1 aliphatic rings. The second kappa shape index (κ2) is 2.63. The van der Waals surface area contributed by atoms with Crippen molar-refractivity contribution in [2.24, 2.45) is 0 Å². The number of esters is 2. The Balaban J connectivity index is 2.78. The molecule has 0 spiro atoms. The summed E-state index contributed by atoms with van der Waals surface area (Å²) < 4.78 is 17.2. The van der Waals surface area contributed by atoms with Crippen molar-refractivity contribution in [2.45, 2.75) is 0 Å². The SMILES string of the molecule is O=C1OC(=O)c2c1ccc(F)c2Br. The summed E-state index contributed by atoms with van der Waals surface area (Å²) in [6.07, 6.45) is 0. The first-order valence-corrected chi connectivity index (χ1v) is 4.15. The second-order valence-corrected chi connectivity index (χ2v) is 3.25. The topological polar surface area (TPSA) is 43.4 Å². The van der Waals surface area contributed by atoms with Gasteiger partial charge < -0.3 is 4.74 Å². The van der Waals surface area contributed by atoms with Gasteiger partial charge in [-0.1, -0.05) is 0 Å². The lowest BCUT2D eigenvalue weighted by Gasteiger charge is -1.96. The lowest BCUT2D eigenvalue weighted by atomic mass is 10.1. The van der Waals surface area contributed by atoms with Crippen molar-refractivity contribution in [3.8, 4) is 0 Å². The zero-order chi connectivity index (χ0) is 9.59. The van der Waals surface area contributed by atoms with E-state index in [9.17, 15) is 14.0 Å². The molecule has 1 heterocycles. The molecule has 0 amide bonds. The standard InChI is InChI=1S/C8H2BrFO3/c9-6-4(10)2-1-3-5(6)8(12)13-7(3)11/h1-2H. The maximum atomic E-state index is 12.9. The number of hydrogen-bond donors (Lipinski definition) is 0. The number of carbonyl (C=O) groups excluding carboxylic acids is 2. The fraction of sp³-hybridized carbons (Fsp3) is 0. The Hall–Kier alpha value is -1.23. The summed E-state index contributed by atoms with van der Waals surface area (Å²) in [4.78, 5) is 22.0. The lowest BCUT2D eigenvalue weighted by Crippen LogP contribution is -1.97. The van der Waals surface area contributed by atoms with Crippen LogP contribution in [-0.2, 0) is 4.74 Å². The van der Waals surface area contributed by atoms with E-state index in [2.05, 4.69) is 20.7 Å². The van der Waals surface area contributed by atoms with Crippen LogP contribution in [0.2, 0.25) is 0 Å². The van der Waals surface area contributed by atoms with Gasteiger partial charge in [0.15, 0.2) is 0 Å². The molecule has 1 aromatic rings. The van der Waals surface area contributed by atoms with Gasteiger partial charge in [-0.3, -0.25) is 0 Å². The van der Waals surface area contributed by atoms with Gasteiger partial charge in [-0.2, -0.15) is 0 Å². The van der Waals surface area contributed by atoms with E-state index >= 15 is 0 Å². The van der Waals surface area contributed by atoms with Gasteiger partial charge in [-0.15, -0.1) is 0 Å². The number of cyclic esters (lactones) is 2. The summed E-state index contributed by atoms with van der Waals surface area (Å²) >= 11 is 2.87. The Morgan fingerprint density at radius 3 is 2.62 bits per heavy atom. The summed E-state index contributed by atoms with van der Waals surface area (Å²) in [6, 6.07) is 2.32. The first kappa shape index (κ1) is 8.37. The van der Waals surface area contributed by atoms with Crippen molar-refractivity contribution in [3.05, 3.63) is 33.5 Å². The second-order valence-electron chi connectivity index (χ2n) is 2.46. The van der Waals surface area contributed by atoms with Crippen LogP contribution >= 0.6 is 15.9 Å². The fourth-order valence-corrected chi connectivity index (χ4v) is 1.62. The molecule has 5 heteroatoms. The third kappa shape index (κ3) is 1.07. The molecule has 0 unspecified atom stereocenters. The number of rotatable bonds is 0. The van der Waals surface area contributed by atoms with Gasteiger partial charge in [-0.05, 0) is 28.1 Å². The molecule has 1 aliphatic heterocycles. The molecule has 0 atom stereocenters. The zero-order valence-corrected chi connectivity index (χ0v) is 7.72. The molecule has 0 radical (unpaired) electrons. The first-order chi connectivity index (χ1) is 6.11. The molecule has 3 nitrogen and oxygen atoms in total. The molecule has 0 saturated carbocycles. The number of ether oxygens (including phenoxy) is 1. The van der Waals surface area contributed by atoms with Crippen molar-refractivity contribution >= 4 is 27.9 Å². The van der Waals surface area contributed by atoms with Gasteiger partial charge in [-0.25, -0.2) is 14.0 Å². The molecule has 0 bridgehead atoms. The fourth-order valence-electron chi connectivity index (χ4n) is 1.11. The van der Waals surface area contributed by atoms with E-state index in [1.165, 1.54) is 6.07 Å². The number of halogens is 2. The van der Waals surface area contributed by atoms with Crippen LogP contribution in [0.5, 0.6) is 0 Å². The van der Waals surface area contributed by atoms with Crippen LogP contribution < -0.4 is 0 Å². The Morgan fingerprint density at radius 1 is 1.23 bits per heavy atom. The van der Waals surface area contributed by atoms with Gasteiger partial charge in [0.05, 0.1) is 15.6 Å². The molecule has 1 aromatic carbocycles. The lowest BCUT2D eigenvalue weighted by molar-refractivity contribution is 0.0443. The van der Waals surface area contributed by atoms with E-state index in [0.29, 0.717) is 0 Å². The molecule has 2 rings (SSSR count). The van der Waals surface area contributed by atoms with Crippen LogP contribution in [0.4, 0.5) is 4.39 Å². The summed E-state index contributed by atoms with van der Waals surface area (Å²) in [5, 5.41) is 0. The minimum absolute atomic E-state index is 0.0270. The maximum Gasteiger partial charge on any atom is 0.348 e. The van der Waals surface area contributed by atoms with Crippen molar-refractivity contribution in [1.29, 1.82) is 0 Å². The van der Waals surface area contributed by atoms with Crippen LogP contribution in [0.3, 0.4) is 0 Å². The normalized spacial score (nSPS) is 14.3. The molecule has 0 N–H and O–H groups in total. The smallest absolute Gasteiger partial charge is 0.348 e. The predicted octanol–water partition coefficient (Wildman–Crippen LogP) is 1.90. The van der Waals surface area contributed by atoms with E-state index in [4.69, 9.17) is 0 Å². The first-order valence-electron chi connectivity index (χ1n) is 3.36. The van der Waals surface area contributed by atoms with Gasteiger partial charge in [0.2, 0.25) is 0 Å². The van der Waals surface area contributed by atoms with Crippen LogP contribution in [-0.4, -0.2) is 11.9 Å². The van der Waals surface area contributed by atoms with Crippen LogP contribution in [0.25, 0.3) is 0 Å². The third-order valence-corrected chi connectivity index (χ3v) is 2.48. The highest BCUT2D eigenvalue weighted by Gasteiger charge is 2.32. The van der Waals surface area contributed by atoms with E-state index in [1.807, 2.05) is 0 Å². The van der Waals surface area contributed by atoms with Crippen molar-refractivity contribution in [1.82, 2.24) is 0 Å². The summed E-state index contributed by atoms with van der Waals surface area (Å²) in [5.74, 6) is -2.14. The number of hydrogen-bond acceptors (Lipinski definition) is 3. The third-order valence-electron chi connectivity index (χ3n) is 1.70. The van der Waals surface area contributed by atoms with E-state index < -0.39 is 17.8 Å². The number of carbonyl (C=O) groups is 2. The van der Waals surface area contributed by atoms with Gasteiger partial charge >= 0.3 is 11.9 Å². The van der Waals surface area contributed by atoms with E-state index in [1.54, 1.807) is 0 Å². The predicted molar refractivity (Wildman–Crippen MR) is 43.8 cm³/mol. The molecule has 66 valence electrons. The highest BCUT2D eigenvalue weighted by molar-refractivity contribution is 9.10. The number of fused-ring (bicyclic) bond motifs is 1. The Morgan fingerprint density at radius 2 is 1.92 bits per heavy atom. The highest BCUT2D eigenvalue weighted by Crippen LogP contribution is 2.29. The minimum Gasteiger partial charge on any atom is -0.386 e. The number of benzene rings is 1. The van der Waals surface area contributed by atoms with Crippen LogP contribution in [0, 0.1) is 5.82 Å². The Labute approximate surface area is 80.6 Å². The summed E-state index contributed by atoms with van der Waals surface area (Å²) in [5.41, 5.74) is 0.0586. The zero-order valence-electron chi connectivity index (χ0n) is 6.14. The monoisotopic (exact) mass is 244 g/mol. The van der Waals surface area contributed by atoms with Crippen LogP contribution in [0.1, 0.15) is 20.7 Å². The van der Waals surface area contributed by atoms with Gasteiger partial charge in [0.1, 0.15) is 5.82 Å². The highest BCUT2D eigenvalue weighted by atomic mass is 79.9. The van der Waals surface area contributed by atoms with Gasteiger partial charge in [0, 0.05) is 0 Å². The van der Waals surface area contributed by atoms with E-state index in [0.717, 1.165) is 6.07 Å². The molecular weight excluding hydrogens is 243 g/mol. The largest absolute Gasteiger partial charge is 0.386 e. The Bertz CT molecular complexity index is 428.